The molecule has 0 radical (unpaired) electrons. The molecule has 0 saturated heterocycles. The SMILES string of the molecule is CCc1cccc(C)c1Nc1cnc(C(=O)Nc2ccc(F)cc2F)cn1. The second kappa shape index (κ2) is 7.90. The highest BCUT2D eigenvalue weighted by Crippen LogP contribution is 2.24. The fourth-order valence-electron chi connectivity index (χ4n) is 2.62. The Labute approximate surface area is 155 Å². The monoisotopic (exact) mass is 368 g/mol. The number of hydrogen-bond donors (Lipinski definition) is 2. The Kier molecular flexibility index (Phi) is 5.40. The molecule has 138 valence electrons. The van der Waals surface area contributed by atoms with Crippen LogP contribution in [-0.2, 0) is 6.42 Å². The van der Waals surface area contributed by atoms with Gasteiger partial charge in [-0.25, -0.2) is 18.7 Å². The van der Waals surface area contributed by atoms with Gasteiger partial charge in [0.1, 0.15) is 23.1 Å². The molecule has 0 spiro atoms. The predicted octanol–water partition coefficient (Wildman–Crippen LogP) is 4.62. The number of aromatic nitrogens is 2. The van der Waals surface area contributed by atoms with Crippen molar-refractivity contribution in [3.05, 3.63) is 77.2 Å². The van der Waals surface area contributed by atoms with Gasteiger partial charge in [0, 0.05) is 11.8 Å². The normalized spacial score (nSPS) is 10.5. The van der Waals surface area contributed by atoms with E-state index in [-0.39, 0.29) is 11.4 Å². The summed E-state index contributed by atoms with van der Waals surface area (Å²) in [6.45, 7) is 4.06. The molecule has 0 saturated carbocycles. The molecule has 0 aliphatic heterocycles. The number of aryl methyl sites for hydroxylation is 2. The number of nitrogens with one attached hydrogen (secondary N) is 2. The molecule has 2 N–H and O–H groups in total. The topological polar surface area (TPSA) is 66.9 Å². The zero-order valence-corrected chi connectivity index (χ0v) is 14.9. The second-order valence-corrected chi connectivity index (χ2v) is 5.95. The Bertz CT molecular complexity index is 974. The molecule has 0 atom stereocenters. The van der Waals surface area contributed by atoms with Gasteiger partial charge in [0.15, 0.2) is 0 Å². The van der Waals surface area contributed by atoms with Crippen LogP contribution >= 0.6 is 0 Å². The van der Waals surface area contributed by atoms with Crippen LogP contribution in [0.1, 0.15) is 28.5 Å². The number of carbonyl (C=O) groups excluding carboxylic acids is 1. The highest BCUT2D eigenvalue weighted by Gasteiger charge is 2.12. The minimum absolute atomic E-state index is 0.0183. The third-order valence-corrected chi connectivity index (χ3v) is 4.06. The summed E-state index contributed by atoms with van der Waals surface area (Å²) in [5, 5.41) is 5.56. The molecule has 7 heteroatoms. The van der Waals surface area contributed by atoms with Crippen molar-refractivity contribution < 1.29 is 13.6 Å². The van der Waals surface area contributed by atoms with Crippen LogP contribution in [0.2, 0.25) is 0 Å². The molecule has 27 heavy (non-hydrogen) atoms. The number of para-hydroxylation sites is 1. The Morgan fingerprint density at radius 3 is 2.59 bits per heavy atom. The number of anilines is 3. The van der Waals surface area contributed by atoms with Gasteiger partial charge in [0.25, 0.3) is 5.91 Å². The van der Waals surface area contributed by atoms with Crippen LogP contribution in [0.15, 0.2) is 48.8 Å². The van der Waals surface area contributed by atoms with Gasteiger partial charge >= 0.3 is 0 Å². The molecular weight excluding hydrogens is 350 g/mol. The minimum Gasteiger partial charge on any atom is -0.339 e. The van der Waals surface area contributed by atoms with E-state index in [2.05, 4.69) is 27.5 Å². The summed E-state index contributed by atoms with van der Waals surface area (Å²) in [6, 6.07) is 8.92. The predicted molar refractivity (Wildman–Crippen MR) is 100 cm³/mol. The maximum Gasteiger partial charge on any atom is 0.275 e. The molecule has 0 aliphatic rings. The summed E-state index contributed by atoms with van der Waals surface area (Å²) in [6.07, 6.45) is 3.59. The first-order valence-electron chi connectivity index (χ1n) is 8.42. The smallest absolute Gasteiger partial charge is 0.275 e. The molecule has 0 unspecified atom stereocenters. The number of halogens is 2. The van der Waals surface area contributed by atoms with Crippen molar-refractivity contribution in [3.63, 3.8) is 0 Å². The standard InChI is InChI=1S/C20H18F2N4O/c1-3-13-6-4-5-12(2)19(13)26-18-11-23-17(10-24-18)20(27)25-16-8-7-14(21)9-15(16)22/h4-11H,3H2,1-2H3,(H,24,26)(H,25,27). The fraction of sp³-hybridized carbons (Fsp3) is 0.150. The molecule has 1 aromatic heterocycles. The van der Waals surface area contributed by atoms with Gasteiger partial charge in [0.2, 0.25) is 0 Å². The van der Waals surface area contributed by atoms with Crippen molar-refractivity contribution in [3.8, 4) is 0 Å². The first-order chi connectivity index (χ1) is 13.0. The van der Waals surface area contributed by atoms with Crippen LogP contribution in [0, 0.1) is 18.6 Å². The first kappa shape index (κ1) is 18.4. The zero-order chi connectivity index (χ0) is 19.4. The van der Waals surface area contributed by atoms with Crippen molar-refractivity contribution in [1.82, 2.24) is 9.97 Å². The van der Waals surface area contributed by atoms with Crippen LogP contribution in [-0.4, -0.2) is 15.9 Å². The minimum atomic E-state index is -0.860. The molecule has 0 fully saturated rings. The third-order valence-electron chi connectivity index (χ3n) is 4.06. The first-order valence-corrected chi connectivity index (χ1v) is 8.42. The van der Waals surface area contributed by atoms with Crippen LogP contribution in [0.25, 0.3) is 0 Å². The molecule has 1 heterocycles. The Hall–Kier alpha value is -3.35. The van der Waals surface area contributed by atoms with Crippen LogP contribution in [0.3, 0.4) is 0 Å². The van der Waals surface area contributed by atoms with E-state index in [0.29, 0.717) is 11.9 Å². The summed E-state index contributed by atoms with van der Waals surface area (Å²) >= 11 is 0. The average Bonchev–Trinajstić information content (AvgIpc) is 2.66. The Morgan fingerprint density at radius 1 is 1.11 bits per heavy atom. The van der Waals surface area contributed by atoms with E-state index in [1.165, 1.54) is 12.4 Å². The number of hydrogen-bond acceptors (Lipinski definition) is 4. The molecule has 1 amide bonds. The van der Waals surface area contributed by atoms with Crippen molar-refractivity contribution in [1.29, 1.82) is 0 Å². The number of carbonyl (C=O) groups is 1. The van der Waals surface area contributed by atoms with Crippen molar-refractivity contribution in [2.24, 2.45) is 0 Å². The van der Waals surface area contributed by atoms with Gasteiger partial charge in [-0.2, -0.15) is 0 Å². The van der Waals surface area contributed by atoms with Gasteiger partial charge in [-0.05, 0) is 36.6 Å². The van der Waals surface area contributed by atoms with E-state index in [0.717, 1.165) is 35.4 Å². The van der Waals surface area contributed by atoms with E-state index in [1.54, 1.807) is 0 Å². The van der Waals surface area contributed by atoms with E-state index >= 15 is 0 Å². The average molecular weight is 368 g/mol. The van der Waals surface area contributed by atoms with Crippen LogP contribution in [0.4, 0.5) is 26.0 Å². The number of benzene rings is 2. The van der Waals surface area contributed by atoms with E-state index in [4.69, 9.17) is 0 Å². The highest BCUT2D eigenvalue weighted by molar-refractivity contribution is 6.02. The summed E-state index contributed by atoms with van der Waals surface area (Å²) in [5.74, 6) is -1.72. The van der Waals surface area contributed by atoms with E-state index < -0.39 is 17.5 Å². The Balaban J connectivity index is 1.74. The number of nitrogens with zero attached hydrogens (tertiary/aromatic N) is 2. The summed E-state index contributed by atoms with van der Waals surface area (Å²) in [4.78, 5) is 20.5. The maximum atomic E-state index is 13.6. The molecule has 3 rings (SSSR count). The fourth-order valence-corrected chi connectivity index (χ4v) is 2.62. The molecule has 3 aromatic rings. The molecule has 0 aliphatic carbocycles. The number of rotatable bonds is 5. The molecular formula is C20H18F2N4O. The molecule has 2 aromatic carbocycles. The van der Waals surface area contributed by atoms with Crippen molar-refractivity contribution in [2.75, 3.05) is 10.6 Å². The highest BCUT2D eigenvalue weighted by atomic mass is 19.1. The molecule has 5 nitrogen and oxygen atoms in total. The van der Waals surface area contributed by atoms with Gasteiger partial charge in [-0.3, -0.25) is 4.79 Å². The lowest BCUT2D eigenvalue weighted by molar-refractivity contribution is 0.102. The van der Waals surface area contributed by atoms with E-state index in [1.807, 2.05) is 25.1 Å². The van der Waals surface area contributed by atoms with Gasteiger partial charge in [-0.1, -0.05) is 25.1 Å². The van der Waals surface area contributed by atoms with Gasteiger partial charge < -0.3 is 10.6 Å². The Morgan fingerprint density at radius 2 is 1.93 bits per heavy atom. The quantitative estimate of drug-likeness (QED) is 0.689. The number of amides is 1. The molecule has 0 bridgehead atoms. The lowest BCUT2D eigenvalue weighted by Gasteiger charge is -2.13. The van der Waals surface area contributed by atoms with Crippen LogP contribution < -0.4 is 10.6 Å². The zero-order valence-electron chi connectivity index (χ0n) is 14.9. The second-order valence-electron chi connectivity index (χ2n) is 5.95. The van der Waals surface area contributed by atoms with E-state index in [9.17, 15) is 13.6 Å². The van der Waals surface area contributed by atoms with Gasteiger partial charge in [-0.15, -0.1) is 0 Å². The van der Waals surface area contributed by atoms with Crippen molar-refractivity contribution in [2.45, 2.75) is 20.3 Å². The largest absolute Gasteiger partial charge is 0.339 e. The third kappa shape index (κ3) is 4.25. The summed E-state index contributed by atoms with van der Waals surface area (Å²) in [5.41, 5.74) is 3.07. The summed E-state index contributed by atoms with van der Waals surface area (Å²) in [7, 11) is 0. The van der Waals surface area contributed by atoms with Gasteiger partial charge in [0.05, 0.1) is 18.1 Å². The summed E-state index contributed by atoms with van der Waals surface area (Å²) < 4.78 is 26.6. The van der Waals surface area contributed by atoms with Crippen LogP contribution in [0.5, 0.6) is 0 Å². The lowest BCUT2D eigenvalue weighted by atomic mass is 10.1. The lowest BCUT2D eigenvalue weighted by Crippen LogP contribution is -2.15. The van der Waals surface area contributed by atoms with Crippen molar-refractivity contribution >= 4 is 23.1 Å². The maximum absolute atomic E-state index is 13.6.